The van der Waals surface area contributed by atoms with Gasteiger partial charge >= 0.3 is 0 Å². The van der Waals surface area contributed by atoms with Gasteiger partial charge in [-0.1, -0.05) is 6.07 Å². The summed E-state index contributed by atoms with van der Waals surface area (Å²) in [5.41, 5.74) is 0.0274. The van der Waals surface area contributed by atoms with Crippen LogP contribution >= 0.6 is 15.9 Å². The number of aryl methyl sites for hydroxylation is 1. The zero-order chi connectivity index (χ0) is 11.8. The average molecular weight is 295 g/mol. The Morgan fingerprint density at radius 1 is 1.47 bits per heavy atom. The van der Waals surface area contributed by atoms with Crippen molar-refractivity contribution < 1.29 is 13.3 Å². The first-order valence-corrected chi connectivity index (χ1v) is 6.05. The Bertz CT molecular complexity index is 526. The molecule has 1 rings (SSSR count). The predicted octanol–water partition coefficient (Wildman–Crippen LogP) is 1.31. The number of hydrogen-bond donors (Lipinski definition) is 1. The molecule has 0 aliphatic rings. The Kier molecular flexibility index (Phi) is 3.12. The first-order valence-electron chi connectivity index (χ1n) is 3.71. The van der Waals surface area contributed by atoms with Crippen molar-refractivity contribution in [2.45, 2.75) is 11.8 Å². The Morgan fingerprint density at radius 2 is 2.00 bits per heavy atom. The predicted molar refractivity (Wildman–Crippen MR) is 56.9 cm³/mol. The van der Waals surface area contributed by atoms with Crippen LogP contribution in [0.3, 0.4) is 0 Å². The molecule has 0 fully saturated rings. The van der Waals surface area contributed by atoms with E-state index in [2.05, 4.69) is 15.9 Å². The summed E-state index contributed by atoms with van der Waals surface area (Å²) in [4.78, 5) is 9.32. The fourth-order valence-electron chi connectivity index (χ4n) is 1.06. The summed E-state index contributed by atoms with van der Waals surface area (Å²) < 4.78 is 22.5. The minimum Gasteiger partial charge on any atom is -0.258 e. The van der Waals surface area contributed by atoms with E-state index in [1.807, 2.05) is 0 Å². The highest BCUT2D eigenvalue weighted by molar-refractivity contribution is 9.10. The average Bonchev–Trinajstić information content (AvgIpc) is 2.06. The van der Waals surface area contributed by atoms with Crippen LogP contribution in [0.5, 0.6) is 0 Å². The Hall–Kier alpha value is -0.990. The van der Waals surface area contributed by atoms with Crippen LogP contribution in [0.1, 0.15) is 5.56 Å². The summed E-state index contributed by atoms with van der Waals surface area (Å²) >= 11 is 2.97. The summed E-state index contributed by atoms with van der Waals surface area (Å²) in [5, 5.41) is 15.5. The zero-order valence-corrected chi connectivity index (χ0v) is 10.0. The standard InChI is InChI=1S/C7H7BrN2O4S/c1-4-2-3-5(10(11)12)7(6(4)8)15(9,13)14/h2-3H,1H3,(H2,9,13,14). The number of sulfonamides is 1. The Balaban J connectivity index is 3.72. The molecular formula is C7H7BrN2O4S. The van der Waals surface area contributed by atoms with Gasteiger partial charge in [-0.3, -0.25) is 10.1 Å². The molecule has 8 heteroatoms. The van der Waals surface area contributed by atoms with E-state index in [0.29, 0.717) is 5.56 Å². The van der Waals surface area contributed by atoms with E-state index in [-0.39, 0.29) is 4.47 Å². The summed E-state index contributed by atoms with van der Waals surface area (Å²) in [7, 11) is -4.12. The zero-order valence-electron chi connectivity index (χ0n) is 7.60. The van der Waals surface area contributed by atoms with Crippen LogP contribution in [0.15, 0.2) is 21.5 Å². The third kappa shape index (κ3) is 2.33. The molecule has 0 bridgehead atoms. The van der Waals surface area contributed by atoms with Crippen molar-refractivity contribution in [3.63, 3.8) is 0 Å². The van der Waals surface area contributed by atoms with Gasteiger partial charge in [-0.15, -0.1) is 0 Å². The molecule has 82 valence electrons. The highest BCUT2D eigenvalue weighted by Crippen LogP contribution is 2.32. The van der Waals surface area contributed by atoms with Crippen molar-refractivity contribution in [2.75, 3.05) is 0 Å². The number of benzene rings is 1. The van der Waals surface area contributed by atoms with Crippen LogP contribution in [0, 0.1) is 17.0 Å². The fourth-order valence-corrected chi connectivity index (χ4v) is 2.92. The van der Waals surface area contributed by atoms with E-state index >= 15 is 0 Å². The fraction of sp³-hybridized carbons (Fsp3) is 0.143. The van der Waals surface area contributed by atoms with E-state index in [1.165, 1.54) is 6.07 Å². The lowest BCUT2D eigenvalue weighted by Crippen LogP contribution is -2.15. The van der Waals surface area contributed by atoms with Crippen LogP contribution in [0.25, 0.3) is 0 Å². The van der Waals surface area contributed by atoms with Crippen molar-refractivity contribution in [2.24, 2.45) is 5.14 Å². The minimum atomic E-state index is -4.12. The number of nitro benzene ring substituents is 1. The number of primary sulfonamides is 1. The van der Waals surface area contributed by atoms with Crippen LogP contribution in [0.2, 0.25) is 0 Å². The van der Waals surface area contributed by atoms with Gasteiger partial charge in [0.25, 0.3) is 5.69 Å². The number of rotatable bonds is 2. The molecule has 1 aromatic carbocycles. The van der Waals surface area contributed by atoms with Crippen molar-refractivity contribution >= 4 is 31.6 Å². The van der Waals surface area contributed by atoms with Gasteiger partial charge in [0.2, 0.25) is 10.0 Å². The molecule has 0 heterocycles. The molecule has 2 N–H and O–H groups in total. The SMILES string of the molecule is Cc1ccc([N+](=O)[O-])c(S(N)(=O)=O)c1Br. The van der Waals surface area contributed by atoms with E-state index < -0.39 is 25.5 Å². The third-order valence-electron chi connectivity index (χ3n) is 1.75. The molecule has 0 aliphatic heterocycles. The molecule has 0 saturated heterocycles. The highest BCUT2D eigenvalue weighted by atomic mass is 79.9. The second kappa shape index (κ2) is 3.87. The monoisotopic (exact) mass is 294 g/mol. The van der Waals surface area contributed by atoms with Crippen LogP contribution in [-0.4, -0.2) is 13.3 Å². The van der Waals surface area contributed by atoms with Gasteiger partial charge in [-0.25, -0.2) is 13.6 Å². The second-order valence-electron chi connectivity index (χ2n) is 2.85. The van der Waals surface area contributed by atoms with E-state index in [4.69, 9.17) is 5.14 Å². The van der Waals surface area contributed by atoms with Gasteiger partial charge in [0.15, 0.2) is 4.90 Å². The summed E-state index contributed by atoms with van der Waals surface area (Å²) in [5.74, 6) is 0. The van der Waals surface area contributed by atoms with Gasteiger partial charge in [-0.2, -0.15) is 0 Å². The normalized spacial score (nSPS) is 11.4. The number of nitrogens with zero attached hydrogens (tertiary/aromatic N) is 1. The van der Waals surface area contributed by atoms with Gasteiger partial charge in [0.05, 0.1) is 4.92 Å². The lowest BCUT2D eigenvalue weighted by atomic mass is 10.2. The minimum absolute atomic E-state index is 0.124. The topological polar surface area (TPSA) is 103 Å². The van der Waals surface area contributed by atoms with Crippen molar-refractivity contribution in [3.05, 3.63) is 32.3 Å². The maximum Gasteiger partial charge on any atom is 0.290 e. The molecule has 0 saturated carbocycles. The van der Waals surface area contributed by atoms with Gasteiger partial charge in [-0.05, 0) is 28.4 Å². The number of hydrogen-bond acceptors (Lipinski definition) is 4. The maximum absolute atomic E-state index is 11.2. The second-order valence-corrected chi connectivity index (χ2v) is 5.14. The lowest BCUT2D eigenvalue weighted by molar-refractivity contribution is -0.388. The number of nitro groups is 1. The molecule has 0 aliphatic carbocycles. The van der Waals surface area contributed by atoms with Crippen LogP contribution in [-0.2, 0) is 10.0 Å². The quantitative estimate of drug-likeness (QED) is 0.656. The highest BCUT2D eigenvalue weighted by Gasteiger charge is 2.26. The maximum atomic E-state index is 11.2. The molecule has 0 spiro atoms. The van der Waals surface area contributed by atoms with Crippen molar-refractivity contribution in [3.8, 4) is 0 Å². The molecule has 0 atom stereocenters. The molecule has 0 radical (unpaired) electrons. The molecule has 0 amide bonds. The van der Waals surface area contributed by atoms with Crippen molar-refractivity contribution in [1.29, 1.82) is 0 Å². The molecule has 15 heavy (non-hydrogen) atoms. The van der Waals surface area contributed by atoms with Gasteiger partial charge < -0.3 is 0 Å². The van der Waals surface area contributed by atoms with E-state index in [1.54, 1.807) is 6.92 Å². The summed E-state index contributed by atoms with van der Waals surface area (Å²) in [6.07, 6.45) is 0. The van der Waals surface area contributed by atoms with Crippen LogP contribution < -0.4 is 5.14 Å². The summed E-state index contributed by atoms with van der Waals surface area (Å²) in [6.45, 7) is 1.61. The molecule has 1 aromatic rings. The Labute approximate surface area is 94.4 Å². The largest absolute Gasteiger partial charge is 0.290 e. The first-order chi connectivity index (χ1) is 6.75. The number of nitrogens with two attached hydrogens (primary N) is 1. The number of halogens is 1. The van der Waals surface area contributed by atoms with Gasteiger partial charge in [0, 0.05) is 10.5 Å². The van der Waals surface area contributed by atoms with Crippen molar-refractivity contribution in [1.82, 2.24) is 0 Å². The lowest BCUT2D eigenvalue weighted by Gasteiger charge is -2.05. The smallest absolute Gasteiger partial charge is 0.258 e. The van der Waals surface area contributed by atoms with E-state index in [0.717, 1.165) is 6.07 Å². The third-order valence-corrected chi connectivity index (χ3v) is 4.02. The molecule has 0 aromatic heterocycles. The van der Waals surface area contributed by atoms with Crippen LogP contribution in [0.4, 0.5) is 5.69 Å². The molecule has 6 nitrogen and oxygen atoms in total. The Morgan fingerprint density at radius 3 is 2.40 bits per heavy atom. The summed E-state index contributed by atoms with van der Waals surface area (Å²) in [6, 6.07) is 2.55. The molecule has 0 unspecified atom stereocenters. The van der Waals surface area contributed by atoms with Gasteiger partial charge in [0.1, 0.15) is 0 Å². The van der Waals surface area contributed by atoms with E-state index in [9.17, 15) is 18.5 Å². The molecular weight excluding hydrogens is 288 g/mol. The first kappa shape index (κ1) is 12.1.